The van der Waals surface area contributed by atoms with E-state index in [4.69, 9.17) is 4.74 Å². The van der Waals surface area contributed by atoms with E-state index in [0.29, 0.717) is 0 Å². The molecule has 428 valence electrons. The van der Waals surface area contributed by atoms with E-state index in [-0.39, 0.29) is 20.1 Å². The van der Waals surface area contributed by atoms with Crippen LogP contribution in [0, 0.1) is 20.8 Å². The van der Waals surface area contributed by atoms with Crippen LogP contribution in [-0.2, 0) is 0 Å². The van der Waals surface area contributed by atoms with Crippen molar-refractivity contribution in [2.75, 3.05) is 41.9 Å². The van der Waals surface area contributed by atoms with Gasteiger partial charge < -0.3 is 15.0 Å². The molecule has 0 amide bonds. The molecule has 2 aromatic heterocycles. The lowest BCUT2D eigenvalue weighted by Crippen LogP contribution is -2.65. The summed E-state index contributed by atoms with van der Waals surface area (Å²) < 4.78 is 20.1. The molecule has 11 aromatic carbocycles. The summed E-state index contributed by atoms with van der Waals surface area (Å²) >= 11 is 9.23. The first kappa shape index (κ1) is 53.2. The Morgan fingerprint density at radius 3 is 1.49 bits per heavy atom. The van der Waals surface area contributed by atoms with Crippen molar-refractivity contribution in [2.24, 2.45) is 0 Å². The Morgan fingerprint density at radius 1 is 0.389 bits per heavy atom. The second-order valence-corrected chi connectivity index (χ2v) is 28.8. The van der Waals surface area contributed by atoms with Crippen LogP contribution in [0.15, 0.2) is 212 Å². The number of para-hydroxylation sites is 1. The maximum atomic E-state index is 7.34. The average molecular weight is 1250 g/mol. The monoisotopic (exact) mass is 1250 g/mol. The standard InChI is InChI=1S/C76H54B3N5OS5/c1-42-20-10-13-25-49(42)45-32-59-70-63(33-45)81(48-23-8-7-9-24-48)73-52-28-16-18-30-68(52)89-75(73)78(70)54-38-55-60(40-58(54)80-59)82(86-4)64-34-46(50-26-14-11-21-43(50)2)35-65-71(64)77(55)56-39-57-62(41-61(56)83(65)87-5)84(88-6)66-36-47(51-27-15-12-22-44(51)3)37-67-72(66)79(57)76-74(85-67)53-29-17-19-31-69(53)90-76/h7-41,80H,1-6H3. The number of hydrogen-bond acceptors (Lipinski definition) is 11. The first-order valence-electron chi connectivity index (χ1n) is 30.7. The number of anilines is 11. The number of hydrogen-bond donors (Lipinski definition) is 1. The number of nitrogens with one attached hydrogen (secondary N) is 1. The molecule has 14 heteroatoms. The van der Waals surface area contributed by atoms with Crippen LogP contribution in [0.3, 0.4) is 0 Å². The molecule has 0 fully saturated rings. The van der Waals surface area contributed by atoms with Crippen LogP contribution in [0.25, 0.3) is 53.6 Å². The molecule has 1 N–H and O–H groups in total. The topological polar surface area (TPSA) is 34.2 Å². The summed E-state index contributed by atoms with van der Waals surface area (Å²) in [6.07, 6.45) is 6.75. The molecule has 0 aliphatic carbocycles. The van der Waals surface area contributed by atoms with Gasteiger partial charge in [-0.25, -0.2) is 0 Å². The van der Waals surface area contributed by atoms with Gasteiger partial charge in [0.25, 0.3) is 20.1 Å². The molecule has 6 aliphatic heterocycles. The summed E-state index contributed by atoms with van der Waals surface area (Å²) in [6.45, 7) is 6.45. The number of ether oxygens (including phenoxy) is 1. The predicted molar refractivity (Wildman–Crippen MR) is 399 cm³/mol. The van der Waals surface area contributed by atoms with Crippen LogP contribution in [0.4, 0.5) is 62.6 Å². The van der Waals surface area contributed by atoms with Crippen LogP contribution in [0.2, 0.25) is 0 Å². The van der Waals surface area contributed by atoms with Crippen molar-refractivity contribution in [3.8, 4) is 44.9 Å². The van der Waals surface area contributed by atoms with Gasteiger partial charge >= 0.3 is 0 Å². The highest BCUT2D eigenvalue weighted by Crippen LogP contribution is 2.52. The summed E-state index contributed by atoms with van der Waals surface area (Å²) in [5.41, 5.74) is 33.3. The second-order valence-electron chi connectivity index (χ2n) is 24.4. The minimum atomic E-state index is -0.127. The van der Waals surface area contributed by atoms with Gasteiger partial charge in [0.1, 0.15) is 11.5 Å². The fourth-order valence-electron chi connectivity index (χ4n) is 15.9. The molecule has 6 aliphatic rings. The maximum Gasteiger partial charge on any atom is 0.268 e. The van der Waals surface area contributed by atoms with E-state index in [0.717, 1.165) is 34.1 Å². The third-order valence-corrected chi connectivity index (χ3v) is 24.5. The lowest BCUT2D eigenvalue weighted by molar-refractivity contribution is 0.495. The van der Waals surface area contributed by atoms with Crippen molar-refractivity contribution in [1.29, 1.82) is 0 Å². The number of rotatable bonds is 7. The van der Waals surface area contributed by atoms with Gasteiger partial charge in [-0.15, -0.1) is 22.7 Å². The van der Waals surface area contributed by atoms with Crippen LogP contribution >= 0.6 is 58.5 Å². The maximum absolute atomic E-state index is 7.34. The highest BCUT2D eigenvalue weighted by atomic mass is 32.2. The summed E-state index contributed by atoms with van der Waals surface area (Å²) in [5, 5.41) is 6.68. The number of nitrogens with zero attached hydrogens (tertiary/aromatic N) is 4. The number of aryl methyl sites for hydroxylation is 3. The molecule has 0 saturated carbocycles. The highest BCUT2D eigenvalue weighted by Gasteiger charge is 2.51. The smallest absolute Gasteiger partial charge is 0.268 e. The Kier molecular flexibility index (Phi) is 11.8. The van der Waals surface area contributed by atoms with Crippen molar-refractivity contribution in [3.63, 3.8) is 0 Å². The predicted octanol–water partition coefficient (Wildman–Crippen LogP) is 15.7. The fourth-order valence-corrected chi connectivity index (χ4v) is 20.6. The normalized spacial score (nSPS) is 14.0. The fraction of sp³-hybridized carbons (Fsp3) is 0.0789. The van der Waals surface area contributed by atoms with Gasteiger partial charge in [0.15, 0.2) is 0 Å². The van der Waals surface area contributed by atoms with E-state index in [1.54, 1.807) is 35.8 Å². The summed E-state index contributed by atoms with van der Waals surface area (Å²) in [5.74, 6) is 1.91. The largest absolute Gasteiger partial charge is 0.457 e. The van der Waals surface area contributed by atoms with Gasteiger partial charge in [-0.2, -0.15) is 0 Å². The van der Waals surface area contributed by atoms with Crippen molar-refractivity contribution in [1.82, 2.24) is 0 Å². The lowest BCUT2D eigenvalue weighted by Gasteiger charge is -2.45. The SMILES string of the molecule is CSN1c2cc3c(cc2B2c4sc5ccccc5c4Oc4cc(-c5ccccc5C)cc1c42)B1c2cc4c(cc2N(SC)c2cc(-c5ccccc5C)cc(c21)N3SC)Nc1cc(-c2ccccc2C)cc2c1B4c1sc3ccccc3c1N2c1ccccc1. The molecule has 0 spiro atoms. The minimum Gasteiger partial charge on any atom is -0.457 e. The number of benzene rings is 11. The molecule has 90 heavy (non-hydrogen) atoms. The molecule has 0 atom stereocenters. The van der Waals surface area contributed by atoms with Crippen molar-refractivity contribution in [2.45, 2.75) is 20.8 Å². The molecular weight excluding hydrogens is 1190 g/mol. The van der Waals surface area contributed by atoms with Gasteiger partial charge in [-0.1, -0.05) is 133 Å². The van der Waals surface area contributed by atoms with Gasteiger partial charge in [0.05, 0.1) is 22.7 Å². The molecule has 0 unspecified atom stereocenters. The van der Waals surface area contributed by atoms with Gasteiger partial charge in [0, 0.05) is 88.3 Å². The van der Waals surface area contributed by atoms with Crippen molar-refractivity contribution in [3.05, 3.63) is 229 Å². The molecule has 13 aromatic rings. The van der Waals surface area contributed by atoms with Gasteiger partial charge in [-0.05, 0) is 224 Å². The summed E-state index contributed by atoms with van der Waals surface area (Å²) in [4.78, 5) is 2.57. The molecule has 0 bridgehead atoms. The molecule has 0 saturated heterocycles. The van der Waals surface area contributed by atoms with E-state index >= 15 is 0 Å². The number of fused-ring (bicyclic) bond motifs is 16. The Labute approximate surface area is 546 Å². The molecule has 8 heterocycles. The first-order chi connectivity index (χ1) is 44.2. The van der Waals surface area contributed by atoms with Crippen LogP contribution in [0.1, 0.15) is 16.7 Å². The van der Waals surface area contributed by atoms with E-state index < -0.39 is 0 Å². The summed E-state index contributed by atoms with van der Waals surface area (Å²) in [6, 6.07) is 80.5. The quantitative estimate of drug-likeness (QED) is 0.124. The van der Waals surface area contributed by atoms with Gasteiger partial charge in [0.2, 0.25) is 0 Å². The van der Waals surface area contributed by atoms with Crippen LogP contribution in [-0.4, -0.2) is 38.9 Å². The van der Waals surface area contributed by atoms with E-state index in [1.165, 1.54) is 158 Å². The zero-order valence-electron chi connectivity index (χ0n) is 50.2. The molecular formula is C76H54B3N5OS5. The average Bonchev–Trinajstić information content (AvgIpc) is 1.12. The molecule has 0 radical (unpaired) electrons. The molecule has 6 nitrogen and oxygen atoms in total. The summed E-state index contributed by atoms with van der Waals surface area (Å²) in [7, 11) is 0. The van der Waals surface area contributed by atoms with Crippen LogP contribution < -0.4 is 75.7 Å². The first-order valence-corrected chi connectivity index (χ1v) is 35.9. The Balaban J connectivity index is 0.893. The van der Waals surface area contributed by atoms with Crippen molar-refractivity contribution >= 4 is 209 Å². The molecule has 19 rings (SSSR count). The van der Waals surface area contributed by atoms with E-state index in [9.17, 15) is 0 Å². The number of thiophene rings is 2. The lowest BCUT2D eigenvalue weighted by atomic mass is 9.30. The zero-order chi connectivity index (χ0) is 59.9. The third-order valence-electron chi connectivity index (χ3n) is 19.8. The zero-order valence-corrected chi connectivity index (χ0v) is 54.3. The Bertz CT molecular complexity index is 5300. The van der Waals surface area contributed by atoms with Gasteiger partial charge in [-0.3, -0.25) is 12.9 Å². The highest BCUT2D eigenvalue weighted by molar-refractivity contribution is 8.01. The second kappa shape index (κ2) is 19.9. The van der Waals surface area contributed by atoms with E-state index in [1.807, 2.05) is 22.7 Å². The van der Waals surface area contributed by atoms with Crippen LogP contribution in [0.5, 0.6) is 11.5 Å². The Morgan fingerprint density at radius 2 is 0.867 bits per heavy atom. The van der Waals surface area contributed by atoms with E-state index in [2.05, 4.69) is 275 Å². The minimum absolute atomic E-state index is 0.0561. The third kappa shape index (κ3) is 7.42. The van der Waals surface area contributed by atoms with Crippen molar-refractivity contribution < 1.29 is 4.74 Å². The Hall–Kier alpha value is -8.62.